The quantitative estimate of drug-likeness (QED) is 0.0462. The summed E-state index contributed by atoms with van der Waals surface area (Å²) in [6, 6.07) is 42.5. The van der Waals surface area contributed by atoms with Crippen molar-refractivity contribution in [1.29, 1.82) is 0 Å². The summed E-state index contributed by atoms with van der Waals surface area (Å²) in [5.41, 5.74) is 20.6. The third kappa shape index (κ3) is 17.8. The van der Waals surface area contributed by atoms with Gasteiger partial charge in [0.05, 0.1) is 57.9 Å². The first-order valence-electron chi connectivity index (χ1n) is 42.7. The lowest BCUT2D eigenvalue weighted by Gasteiger charge is -2.56. The van der Waals surface area contributed by atoms with Crippen molar-refractivity contribution in [2.45, 2.75) is 175 Å². The molecule has 9 aliphatic heterocycles. The first kappa shape index (κ1) is 80.4. The van der Waals surface area contributed by atoms with Gasteiger partial charge in [0, 0.05) is 226 Å². The highest BCUT2D eigenvalue weighted by atomic mass is 16.3. The van der Waals surface area contributed by atoms with Gasteiger partial charge in [-0.2, -0.15) is 25.5 Å². The Kier molecular flexibility index (Phi) is 22.1. The number of piperazine rings is 3. The molecule has 15 aromatic heterocycles. The van der Waals surface area contributed by atoms with Gasteiger partial charge < -0.3 is 24.2 Å². The van der Waals surface area contributed by atoms with E-state index in [9.17, 15) is 5.11 Å². The number of nitrogens with one attached hydrogen (secondary N) is 3. The molecule has 24 rings (SSSR count). The number of hydrogen-bond donors (Lipinski definition) is 4. The first-order valence-corrected chi connectivity index (χ1v) is 42.7. The molecule has 0 amide bonds. The first-order chi connectivity index (χ1) is 60.1. The number of aromatic nitrogens is 23. The van der Waals surface area contributed by atoms with Crippen molar-refractivity contribution in [2.75, 3.05) is 54.0 Å². The summed E-state index contributed by atoms with van der Waals surface area (Å²) in [6.07, 6.45) is 26.1. The molecular formula is C93H101N29O2. The van der Waals surface area contributed by atoms with Crippen LogP contribution in [-0.4, -0.2) is 210 Å². The average molecular weight is 1660 g/mol. The van der Waals surface area contributed by atoms with Gasteiger partial charge >= 0.3 is 0 Å². The number of piperidine rings is 3. The molecule has 6 bridgehead atoms. The molecule has 0 aliphatic carbocycles. The third-order valence-electron chi connectivity index (χ3n) is 24.2. The molecule has 31 nitrogen and oxygen atoms in total. The summed E-state index contributed by atoms with van der Waals surface area (Å²) in [7, 11) is 0. The summed E-state index contributed by atoms with van der Waals surface area (Å²) in [4.78, 5) is 76.0. The van der Waals surface area contributed by atoms with E-state index in [1.165, 1.54) is 36.0 Å². The van der Waals surface area contributed by atoms with E-state index in [1.54, 1.807) is 37.2 Å². The highest BCUT2D eigenvalue weighted by molar-refractivity contribution is 5.61. The second kappa shape index (κ2) is 34.2. The third-order valence-corrected chi connectivity index (χ3v) is 24.2. The molecular weight excluding hydrogens is 1560 g/mol. The lowest BCUT2D eigenvalue weighted by molar-refractivity contribution is -0.00877. The van der Waals surface area contributed by atoms with Crippen LogP contribution in [0.3, 0.4) is 0 Å². The van der Waals surface area contributed by atoms with Crippen LogP contribution in [0.2, 0.25) is 0 Å². The minimum atomic E-state index is -0.995. The zero-order valence-corrected chi connectivity index (χ0v) is 71.5. The van der Waals surface area contributed by atoms with Crippen molar-refractivity contribution in [3.8, 4) is 62.8 Å². The van der Waals surface area contributed by atoms with Crippen molar-refractivity contribution < 1.29 is 9.52 Å². The standard InChI is InChI=1S/C32H36N10O.C32H36N10.C29H29N9O/c1-20-11-24(13-25-12-21(2)38-39-25)37-31(36-20)23-6-8-29(34-16-23)40-18-26-14-27(19-40)41(26)17-22-5-7-30(33-15-22)42-28(9-10-35-42)32(3,4)43;1-20(2)42-17-25(15-35-42)30-7-5-23(13-33-30)16-41-28-12-29(41)19-40(18-28)31-8-6-24(14-34-31)32-36-21(3)9-26(37-32)11-27-10-22(4)38-39-27;1-18-9-22(11-23-10-19(2)35-36-23)34-28(33-18)21-4-6-27(32-14-21)37-16-24-12-25(17-37)38(24)15-20-3-5-26(31-13-20)29-30-7-8-39-29/h5-12,15-16,26-27,43H,13-14,17-19H2,1-4H3,(H,38,39);5-10,13-15,17,20,28-29H,11-12,16,18-19H2,1-4H3,(H,38,39);3-10,13-14,24-25H,11-12,15-17H2,1-2H3,(H,35,36). The molecule has 31 heteroatoms. The maximum absolute atomic E-state index is 10.4. The molecule has 9 saturated heterocycles. The van der Waals surface area contributed by atoms with Gasteiger partial charge in [-0.25, -0.2) is 59.5 Å². The number of anilines is 3. The van der Waals surface area contributed by atoms with Gasteiger partial charge in [-0.3, -0.25) is 44.6 Å². The van der Waals surface area contributed by atoms with Gasteiger partial charge in [-0.1, -0.05) is 18.2 Å². The Morgan fingerprint density at radius 1 is 0.403 bits per heavy atom. The van der Waals surface area contributed by atoms with E-state index in [0.717, 1.165) is 178 Å². The number of nitrogens with zero attached hydrogens (tertiary/aromatic N) is 26. The van der Waals surface area contributed by atoms with Crippen molar-refractivity contribution >= 4 is 17.5 Å². The fourth-order valence-electron chi connectivity index (χ4n) is 18.0. The van der Waals surface area contributed by atoms with Crippen molar-refractivity contribution in [3.63, 3.8) is 0 Å². The maximum atomic E-state index is 10.4. The van der Waals surface area contributed by atoms with Crippen LogP contribution < -0.4 is 14.7 Å². The number of pyridine rings is 6. The molecule has 15 aromatic rings. The largest absolute Gasteiger partial charge is 0.443 e. The van der Waals surface area contributed by atoms with Gasteiger partial charge in [0.2, 0.25) is 5.89 Å². The maximum Gasteiger partial charge on any atom is 0.244 e. The van der Waals surface area contributed by atoms with Crippen LogP contribution in [0.25, 0.3) is 62.8 Å². The van der Waals surface area contributed by atoms with E-state index in [0.29, 0.717) is 96.4 Å². The van der Waals surface area contributed by atoms with Crippen LogP contribution >= 0.6 is 0 Å². The second-order valence-electron chi connectivity index (χ2n) is 34.7. The minimum absolute atomic E-state index is 0.342. The Labute approximate surface area is 719 Å². The average Bonchev–Trinajstić information content (AvgIpc) is 1.47. The van der Waals surface area contributed by atoms with Gasteiger partial charge in [-0.15, -0.1) is 0 Å². The zero-order valence-electron chi connectivity index (χ0n) is 71.5. The summed E-state index contributed by atoms with van der Waals surface area (Å²) in [5, 5.41) is 41.3. The lowest BCUT2D eigenvalue weighted by atomic mass is 9.87. The van der Waals surface area contributed by atoms with Crippen LogP contribution in [0.1, 0.15) is 144 Å². The number of oxazole rings is 1. The normalized spacial score (nSPS) is 18.6. The number of aromatic amines is 3. The number of fused-ring (bicyclic) bond motifs is 6. The Morgan fingerprint density at radius 2 is 0.798 bits per heavy atom. The number of hydrogen-bond acceptors (Lipinski definition) is 26. The van der Waals surface area contributed by atoms with Gasteiger partial charge in [0.15, 0.2) is 23.3 Å². The Morgan fingerprint density at radius 3 is 1.13 bits per heavy atom. The summed E-state index contributed by atoms with van der Waals surface area (Å²) >= 11 is 0. The van der Waals surface area contributed by atoms with E-state index in [-0.39, 0.29) is 0 Å². The Balaban J connectivity index is 0.000000122. The molecule has 6 unspecified atom stereocenters. The number of aliphatic hydroxyl groups is 1. The van der Waals surface area contributed by atoms with E-state index in [4.69, 9.17) is 39.3 Å². The molecule has 6 atom stereocenters. The van der Waals surface area contributed by atoms with Gasteiger partial charge in [0.25, 0.3) is 0 Å². The van der Waals surface area contributed by atoms with Gasteiger partial charge in [-0.05, 0) is 202 Å². The SMILES string of the molecule is Cc1cc(Cc2cc(C)[nH]n2)nc(-c2ccc(N3CC4CC(C3)N4Cc3ccc(-c4cnn(C(C)C)c4)nc3)nc2)n1.Cc1cc(Cc2cc(C)[nH]n2)nc(-c2ccc(N3CC4CC(C3)N4Cc3ccc(-c4ncco4)nc3)nc2)n1.Cc1cc(Cc2cc(C)[nH]n2)nc(-c2ccc(N3CC4CC(C3)N4Cc3ccc(-n4nccc4C(C)(C)O)nc3)nc2)n1. The smallest absolute Gasteiger partial charge is 0.244 e. The molecule has 9 fully saturated rings. The van der Waals surface area contributed by atoms with Crippen LogP contribution in [0.15, 0.2) is 188 Å². The molecule has 0 radical (unpaired) electrons. The highest BCUT2D eigenvalue weighted by Crippen LogP contribution is 2.40. The number of rotatable bonds is 23. The van der Waals surface area contributed by atoms with Crippen molar-refractivity contribution in [3.05, 3.63) is 274 Å². The summed E-state index contributed by atoms with van der Waals surface area (Å²) in [6.45, 7) is 28.3. The summed E-state index contributed by atoms with van der Waals surface area (Å²) < 4.78 is 9.01. The molecule has 630 valence electrons. The molecule has 0 spiro atoms. The number of aryl methyl sites for hydroxylation is 6. The molecule has 9 aliphatic rings. The summed E-state index contributed by atoms with van der Waals surface area (Å²) in [5.74, 6) is 6.36. The van der Waals surface area contributed by atoms with Crippen LogP contribution in [0.4, 0.5) is 17.5 Å². The Hall–Kier alpha value is -13.4. The predicted molar refractivity (Wildman–Crippen MR) is 470 cm³/mol. The second-order valence-corrected chi connectivity index (χ2v) is 34.7. The van der Waals surface area contributed by atoms with Crippen molar-refractivity contribution in [1.82, 2.24) is 130 Å². The van der Waals surface area contributed by atoms with Crippen LogP contribution in [0, 0.1) is 41.5 Å². The van der Waals surface area contributed by atoms with E-state index >= 15 is 0 Å². The predicted octanol–water partition coefficient (Wildman–Crippen LogP) is 12.5. The van der Waals surface area contributed by atoms with Crippen molar-refractivity contribution in [2.24, 2.45) is 0 Å². The fourth-order valence-corrected chi connectivity index (χ4v) is 18.0. The minimum Gasteiger partial charge on any atom is -0.443 e. The number of H-pyrrole nitrogens is 3. The van der Waals surface area contributed by atoms with E-state index < -0.39 is 5.60 Å². The van der Waals surface area contributed by atoms with Crippen LogP contribution in [0.5, 0.6) is 0 Å². The van der Waals surface area contributed by atoms with E-state index in [2.05, 4.69) is 187 Å². The monoisotopic (exact) mass is 1660 g/mol. The van der Waals surface area contributed by atoms with E-state index in [1.807, 2.05) is 138 Å². The van der Waals surface area contributed by atoms with Gasteiger partial charge in [0.1, 0.15) is 35.0 Å². The lowest BCUT2D eigenvalue weighted by Crippen LogP contribution is -2.68. The highest BCUT2D eigenvalue weighted by Gasteiger charge is 2.47. The zero-order chi connectivity index (χ0) is 84.9. The molecule has 0 saturated carbocycles. The molecule has 124 heavy (non-hydrogen) atoms. The Bertz CT molecular complexity index is 6160. The molecule has 4 N–H and O–H groups in total. The fraction of sp³-hybridized carbons (Fsp3) is 0.355. The van der Waals surface area contributed by atoms with Crippen LogP contribution in [-0.2, 0) is 44.5 Å². The topological polar surface area (TPSA) is 342 Å². The molecule has 24 heterocycles. The molecule has 0 aromatic carbocycles.